The highest BCUT2D eigenvalue weighted by atomic mass is 16.4. The predicted molar refractivity (Wildman–Crippen MR) is 60.9 cm³/mol. The molecule has 0 aromatic carbocycles. The van der Waals surface area contributed by atoms with E-state index in [2.05, 4.69) is 22.1 Å². The fourth-order valence-electron chi connectivity index (χ4n) is 1.89. The molecule has 0 saturated carbocycles. The second-order valence-corrected chi connectivity index (χ2v) is 3.95. The fourth-order valence-corrected chi connectivity index (χ4v) is 1.89. The Balaban J connectivity index is 2.25. The van der Waals surface area contributed by atoms with Crippen LogP contribution in [-0.4, -0.2) is 41.7 Å². The molecule has 5 heteroatoms. The van der Waals surface area contributed by atoms with Crippen LogP contribution < -0.4 is 10.2 Å². The average molecular weight is 221 g/mol. The van der Waals surface area contributed by atoms with Crippen molar-refractivity contribution in [2.45, 2.75) is 13.0 Å². The van der Waals surface area contributed by atoms with Crippen molar-refractivity contribution >= 4 is 11.8 Å². The summed E-state index contributed by atoms with van der Waals surface area (Å²) in [4.78, 5) is 17.2. The summed E-state index contributed by atoms with van der Waals surface area (Å²) < 4.78 is 0. The molecular weight excluding hydrogens is 206 g/mol. The molecular formula is C11H15N3O2. The number of carboxylic acid groups (broad SMARTS) is 1. The second-order valence-electron chi connectivity index (χ2n) is 3.95. The number of carboxylic acids is 1. The Morgan fingerprint density at radius 2 is 2.50 bits per heavy atom. The minimum Gasteiger partial charge on any atom is -0.478 e. The van der Waals surface area contributed by atoms with Gasteiger partial charge in [-0.05, 0) is 19.1 Å². The van der Waals surface area contributed by atoms with Crippen LogP contribution in [0.3, 0.4) is 0 Å². The van der Waals surface area contributed by atoms with E-state index in [9.17, 15) is 4.79 Å². The SMILES string of the molecule is CC1CNCCN1c1cc(C(=O)O)ccn1. The average Bonchev–Trinajstić information content (AvgIpc) is 2.30. The summed E-state index contributed by atoms with van der Waals surface area (Å²) in [6.45, 7) is 4.76. The lowest BCUT2D eigenvalue weighted by Gasteiger charge is -2.34. The minimum absolute atomic E-state index is 0.288. The van der Waals surface area contributed by atoms with Crippen LogP contribution >= 0.6 is 0 Å². The van der Waals surface area contributed by atoms with E-state index in [-0.39, 0.29) is 5.56 Å². The smallest absolute Gasteiger partial charge is 0.335 e. The number of hydrogen-bond acceptors (Lipinski definition) is 4. The molecule has 0 amide bonds. The van der Waals surface area contributed by atoms with Gasteiger partial charge in [0, 0.05) is 31.9 Å². The molecule has 0 bridgehead atoms. The standard InChI is InChI=1S/C11H15N3O2/c1-8-7-12-4-5-14(8)10-6-9(11(15)16)2-3-13-10/h2-3,6,8,12H,4-5,7H2,1H3,(H,15,16). The summed E-state index contributed by atoms with van der Waals surface area (Å²) in [6, 6.07) is 3.48. The molecule has 2 heterocycles. The van der Waals surface area contributed by atoms with E-state index in [0.717, 1.165) is 25.5 Å². The van der Waals surface area contributed by atoms with Gasteiger partial charge in [-0.2, -0.15) is 0 Å². The number of pyridine rings is 1. The van der Waals surface area contributed by atoms with Crippen LogP contribution in [-0.2, 0) is 0 Å². The molecule has 2 rings (SSSR count). The maximum absolute atomic E-state index is 10.9. The lowest BCUT2D eigenvalue weighted by Crippen LogP contribution is -2.50. The Labute approximate surface area is 94.1 Å². The zero-order valence-electron chi connectivity index (χ0n) is 9.18. The summed E-state index contributed by atoms with van der Waals surface area (Å²) >= 11 is 0. The number of anilines is 1. The van der Waals surface area contributed by atoms with Gasteiger partial charge in [0.1, 0.15) is 5.82 Å². The molecule has 1 aliphatic heterocycles. The quantitative estimate of drug-likeness (QED) is 0.764. The molecule has 2 N–H and O–H groups in total. The van der Waals surface area contributed by atoms with Crippen molar-refractivity contribution in [3.63, 3.8) is 0 Å². The van der Waals surface area contributed by atoms with Crippen LogP contribution in [0.2, 0.25) is 0 Å². The van der Waals surface area contributed by atoms with Crippen LogP contribution in [0.4, 0.5) is 5.82 Å². The summed E-state index contributed by atoms with van der Waals surface area (Å²) in [7, 11) is 0. The molecule has 1 aromatic rings. The maximum Gasteiger partial charge on any atom is 0.335 e. The normalized spacial score (nSPS) is 20.8. The predicted octanol–water partition coefficient (Wildman–Crippen LogP) is 0.578. The molecule has 0 aliphatic carbocycles. The van der Waals surface area contributed by atoms with Crippen molar-refractivity contribution < 1.29 is 9.90 Å². The highest BCUT2D eigenvalue weighted by Gasteiger charge is 2.19. The first-order valence-corrected chi connectivity index (χ1v) is 5.35. The monoisotopic (exact) mass is 221 g/mol. The number of carbonyl (C=O) groups is 1. The molecule has 1 fully saturated rings. The number of aromatic carboxylic acids is 1. The zero-order chi connectivity index (χ0) is 11.5. The van der Waals surface area contributed by atoms with Crippen molar-refractivity contribution in [3.8, 4) is 0 Å². The molecule has 1 aliphatic rings. The van der Waals surface area contributed by atoms with Gasteiger partial charge in [-0.1, -0.05) is 0 Å². The lowest BCUT2D eigenvalue weighted by molar-refractivity contribution is 0.0697. The van der Waals surface area contributed by atoms with Crippen molar-refractivity contribution in [3.05, 3.63) is 23.9 Å². The van der Waals surface area contributed by atoms with Gasteiger partial charge in [0.15, 0.2) is 0 Å². The van der Waals surface area contributed by atoms with E-state index in [0.29, 0.717) is 6.04 Å². The summed E-state index contributed by atoms with van der Waals surface area (Å²) in [5, 5.41) is 12.2. The molecule has 16 heavy (non-hydrogen) atoms. The van der Waals surface area contributed by atoms with E-state index in [1.807, 2.05) is 0 Å². The molecule has 5 nitrogen and oxygen atoms in total. The first-order valence-electron chi connectivity index (χ1n) is 5.35. The van der Waals surface area contributed by atoms with Gasteiger partial charge < -0.3 is 15.3 Å². The van der Waals surface area contributed by atoms with E-state index < -0.39 is 5.97 Å². The van der Waals surface area contributed by atoms with Crippen molar-refractivity contribution in [2.24, 2.45) is 0 Å². The lowest BCUT2D eigenvalue weighted by atomic mass is 10.2. The van der Waals surface area contributed by atoms with Gasteiger partial charge in [-0.25, -0.2) is 9.78 Å². The zero-order valence-corrected chi connectivity index (χ0v) is 9.18. The van der Waals surface area contributed by atoms with Crippen molar-refractivity contribution in [1.82, 2.24) is 10.3 Å². The van der Waals surface area contributed by atoms with Gasteiger partial charge >= 0.3 is 5.97 Å². The number of rotatable bonds is 2. The van der Waals surface area contributed by atoms with Gasteiger partial charge in [0.2, 0.25) is 0 Å². The minimum atomic E-state index is -0.911. The molecule has 86 valence electrons. The first-order chi connectivity index (χ1) is 7.68. The van der Waals surface area contributed by atoms with Crippen LogP contribution in [0.25, 0.3) is 0 Å². The largest absolute Gasteiger partial charge is 0.478 e. The molecule has 1 aromatic heterocycles. The fraction of sp³-hybridized carbons (Fsp3) is 0.455. The number of piperazine rings is 1. The number of nitrogens with zero attached hydrogens (tertiary/aromatic N) is 2. The van der Waals surface area contributed by atoms with Crippen molar-refractivity contribution in [1.29, 1.82) is 0 Å². The Bertz CT molecular complexity index is 395. The highest BCUT2D eigenvalue weighted by molar-refractivity contribution is 5.88. The second kappa shape index (κ2) is 4.49. The van der Waals surface area contributed by atoms with Crippen LogP contribution in [0, 0.1) is 0 Å². The third kappa shape index (κ3) is 2.14. The Kier molecular flexibility index (Phi) is 3.05. The number of nitrogens with one attached hydrogen (secondary N) is 1. The van der Waals surface area contributed by atoms with Crippen LogP contribution in [0.15, 0.2) is 18.3 Å². The van der Waals surface area contributed by atoms with E-state index in [4.69, 9.17) is 5.11 Å². The molecule has 0 spiro atoms. The summed E-state index contributed by atoms with van der Waals surface area (Å²) in [5.41, 5.74) is 0.288. The topological polar surface area (TPSA) is 65.5 Å². The van der Waals surface area contributed by atoms with E-state index in [1.165, 1.54) is 6.07 Å². The van der Waals surface area contributed by atoms with Gasteiger partial charge in [0.25, 0.3) is 0 Å². The molecule has 1 atom stereocenters. The molecule has 0 radical (unpaired) electrons. The summed E-state index contributed by atoms with van der Waals surface area (Å²) in [6.07, 6.45) is 1.55. The van der Waals surface area contributed by atoms with E-state index >= 15 is 0 Å². The highest BCUT2D eigenvalue weighted by Crippen LogP contribution is 2.16. The molecule has 1 unspecified atom stereocenters. The Morgan fingerprint density at radius 1 is 1.69 bits per heavy atom. The maximum atomic E-state index is 10.9. The third-order valence-electron chi connectivity index (χ3n) is 2.79. The number of aromatic nitrogens is 1. The number of hydrogen-bond donors (Lipinski definition) is 2. The third-order valence-corrected chi connectivity index (χ3v) is 2.79. The van der Waals surface area contributed by atoms with Gasteiger partial charge in [-0.3, -0.25) is 0 Å². The van der Waals surface area contributed by atoms with Crippen molar-refractivity contribution in [2.75, 3.05) is 24.5 Å². The Hall–Kier alpha value is -1.62. The van der Waals surface area contributed by atoms with Gasteiger partial charge in [-0.15, -0.1) is 0 Å². The Morgan fingerprint density at radius 3 is 3.19 bits per heavy atom. The van der Waals surface area contributed by atoms with Crippen LogP contribution in [0.1, 0.15) is 17.3 Å². The molecule has 1 saturated heterocycles. The van der Waals surface area contributed by atoms with Crippen LogP contribution in [0.5, 0.6) is 0 Å². The van der Waals surface area contributed by atoms with E-state index in [1.54, 1.807) is 12.3 Å². The summed E-state index contributed by atoms with van der Waals surface area (Å²) in [5.74, 6) is -0.166. The van der Waals surface area contributed by atoms with Gasteiger partial charge in [0.05, 0.1) is 5.56 Å². The first kappa shape index (κ1) is 10.9.